The number of rotatable bonds is 3. The lowest BCUT2D eigenvalue weighted by Crippen LogP contribution is -2.30. The molecule has 136 valence electrons. The number of aromatic carboxylic acids is 1. The Bertz CT molecular complexity index is 906. The number of benzene rings is 2. The Kier molecular flexibility index (Phi) is 4.30. The summed E-state index contributed by atoms with van der Waals surface area (Å²) in [6, 6.07) is 11.7. The number of hydrogen-bond acceptors (Lipinski definition) is 2. The lowest BCUT2D eigenvalue weighted by Gasteiger charge is -2.32. The smallest absolute Gasteiger partial charge is 0.337 e. The van der Waals surface area contributed by atoms with Crippen molar-refractivity contribution in [2.45, 2.75) is 52.4 Å². The minimum absolute atomic E-state index is 0.0948. The predicted octanol–water partition coefficient (Wildman–Crippen LogP) is 5.65. The molecule has 2 aromatic rings. The van der Waals surface area contributed by atoms with Gasteiger partial charge >= 0.3 is 5.97 Å². The number of para-hydroxylation sites is 1. The Hall–Kier alpha value is -2.42. The fraction of sp³-hybridized carbons (Fsp3) is 0.391. The first-order valence-electron chi connectivity index (χ1n) is 9.08. The van der Waals surface area contributed by atoms with Gasteiger partial charge in [0.2, 0.25) is 0 Å². The highest BCUT2D eigenvalue weighted by molar-refractivity contribution is 5.96. The second-order valence-electron chi connectivity index (χ2n) is 8.50. The average molecular weight is 349 g/mol. The minimum Gasteiger partial charge on any atom is -0.478 e. The molecular formula is C23H27NO2. The summed E-state index contributed by atoms with van der Waals surface area (Å²) in [7, 11) is 0. The maximum absolute atomic E-state index is 11.5. The molecule has 0 aliphatic heterocycles. The predicted molar refractivity (Wildman–Crippen MR) is 107 cm³/mol. The molecule has 1 aliphatic carbocycles. The van der Waals surface area contributed by atoms with Gasteiger partial charge in [0.25, 0.3) is 0 Å². The topological polar surface area (TPSA) is 49.7 Å². The van der Waals surface area contributed by atoms with Crippen LogP contribution in [0.1, 0.15) is 67.2 Å². The molecule has 26 heavy (non-hydrogen) atoms. The molecule has 1 unspecified atom stereocenters. The molecule has 1 N–H and O–H groups in total. The van der Waals surface area contributed by atoms with E-state index in [9.17, 15) is 9.90 Å². The van der Waals surface area contributed by atoms with Crippen LogP contribution in [0.15, 0.2) is 41.4 Å². The molecule has 0 saturated heterocycles. The first kappa shape index (κ1) is 18.4. The molecule has 0 saturated carbocycles. The minimum atomic E-state index is -0.952. The van der Waals surface area contributed by atoms with E-state index in [2.05, 4.69) is 57.8 Å². The molecule has 3 nitrogen and oxygen atoms in total. The summed E-state index contributed by atoms with van der Waals surface area (Å²) in [5.74, 6) is -0.418. The quantitative estimate of drug-likeness (QED) is 0.728. The van der Waals surface area contributed by atoms with Crippen LogP contribution in [-0.4, -0.2) is 17.3 Å². The van der Waals surface area contributed by atoms with E-state index in [0.717, 1.165) is 11.1 Å². The largest absolute Gasteiger partial charge is 0.478 e. The SMILES string of the molecule is Cc1cccc(C(=O)O)c1/N=C\c1ccc2c(c1)C(C)(C)C(C)C2(C)C. The van der Waals surface area contributed by atoms with Gasteiger partial charge in [-0.1, -0.05) is 58.9 Å². The van der Waals surface area contributed by atoms with Crippen molar-refractivity contribution in [3.63, 3.8) is 0 Å². The lowest BCUT2D eigenvalue weighted by molar-refractivity contribution is 0.0697. The summed E-state index contributed by atoms with van der Waals surface area (Å²) in [6.45, 7) is 13.4. The maximum Gasteiger partial charge on any atom is 0.337 e. The summed E-state index contributed by atoms with van der Waals surface area (Å²) in [5.41, 5.74) is 5.61. The Labute approximate surface area is 155 Å². The van der Waals surface area contributed by atoms with E-state index in [-0.39, 0.29) is 16.4 Å². The second-order valence-corrected chi connectivity index (χ2v) is 8.50. The van der Waals surface area contributed by atoms with Crippen LogP contribution >= 0.6 is 0 Å². The van der Waals surface area contributed by atoms with E-state index in [1.807, 2.05) is 13.0 Å². The van der Waals surface area contributed by atoms with Crippen molar-refractivity contribution in [3.05, 3.63) is 64.2 Å². The first-order chi connectivity index (χ1) is 12.1. The first-order valence-corrected chi connectivity index (χ1v) is 9.08. The number of aryl methyl sites for hydroxylation is 1. The van der Waals surface area contributed by atoms with Crippen LogP contribution in [0.2, 0.25) is 0 Å². The van der Waals surface area contributed by atoms with Gasteiger partial charge in [-0.15, -0.1) is 0 Å². The number of nitrogens with zero attached hydrogens (tertiary/aromatic N) is 1. The van der Waals surface area contributed by atoms with Crippen molar-refractivity contribution in [1.29, 1.82) is 0 Å². The van der Waals surface area contributed by atoms with E-state index in [0.29, 0.717) is 11.6 Å². The van der Waals surface area contributed by atoms with Gasteiger partial charge in [-0.25, -0.2) is 4.79 Å². The summed E-state index contributed by atoms with van der Waals surface area (Å²) in [4.78, 5) is 16.0. The van der Waals surface area contributed by atoms with Crippen LogP contribution in [0.5, 0.6) is 0 Å². The van der Waals surface area contributed by atoms with Gasteiger partial charge in [0.1, 0.15) is 0 Å². The molecule has 0 radical (unpaired) electrons. The van der Waals surface area contributed by atoms with Gasteiger partial charge in [-0.2, -0.15) is 0 Å². The Morgan fingerprint density at radius 3 is 2.38 bits per heavy atom. The van der Waals surface area contributed by atoms with E-state index >= 15 is 0 Å². The maximum atomic E-state index is 11.5. The molecule has 0 heterocycles. The molecule has 3 heteroatoms. The Morgan fingerprint density at radius 1 is 1.08 bits per heavy atom. The third-order valence-corrected chi connectivity index (χ3v) is 6.41. The number of aliphatic imine (C=N–C) groups is 1. The summed E-state index contributed by atoms with van der Waals surface area (Å²) >= 11 is 0. The Morgan fingerprint density at radius 2 is 1.73 bits per heavy atom. The van der Waals surface area contributed by atoms with Gasteiger partial charge in [0.05, 0.1) is 11.3 Å². The zero-order chi connectivity index (χ0) is 19.3. The molecule has 0 aromatic heterocycles. The third kappa shape index (κ3) is 2.76. The highest BCUT2D eigenvalue weighted by atomic mass is 16.4. The number of carboxylic acid groups (broad SMARTS) is 1. The Balaban J connectivity index is 2.04. The lowest BCUT2D eigenvalue weighted by atomic mass is 9.71. The fourth-order valence-corrected chi connectivity index (χ4v) is 4.25. The summed E-state index contributed by atoms with van der Waals surface area (Å²) < 4.78 is 0. The van der Waals surface area contributed by atoms with E-state index in [1.54, 1.807) is 18.3 Å². The standard InChI is InChI=1S/C23H27NO2/c1-14-8-7-9-17(21(25)26)20(14)24-13-16-10-11-18-19(12-16)23(5,6)15(2)22(18,3)4/h7-13,15H,1-6H3,(H,25,26)/b24-13-. The molecular weight excluding hydrogens is 322 g/mol. The normalized spacial score (nSPS) is 20.3. The molecule has 0 spiro atoms. The van der Waals surface area contributed by atoms with Crippen LogP contribution in [0.25, 0.3) is 0 Å². The van der Waals surface area contributed by atoms with Crippen LogP contribution in [-0.2, 0) is 10.8 Å². The van der Waals surface area contributed by atoms with Crippen LogP contribution in [0.3, 0.4) is 0 Å². The van der Waals surface area contributed by atoms with Gasteiger partial charge in [0, 0.05) is 6.21 Å². The number of carboxylic acids is 1. The molecule has 3 rings (SSSR count). The number of fused-ring (bicyclic) bond motifs is 1. The molecule has 2 aromatic carbocycles. The van der Waals surface area contributed by atoms with Crippen molar-refractivity contribution in [1.82, 2.24) is 0 Å². The van der Waals surface area contributed by atoms with Gasteiger partial charge in [-0.3, -0.25) is 4.99 Å². The number of carbonyl (C=O) groups is 1. The van der Waals surface area contributed by atoms with Crippen molar-refractivity contribution in [2.75, 3.05) is 0 Å². The van der Waals surface area contributed by atoms with Crippen molar-refractivity contribution in [3.8, 4) is 0 Å². The van der Waals surface area contributed by atoms with E-state index in [4.69, 9.17) is 0 Å². The van der Waals surface area contributed by atoms with Crippen molar-refractivity contribution < 1.29 is 9.90 Å². The van der Waals surface area contributed by atoms with Crippen LogP contribution in [0.4, 0.5) is 5.69 Å². The van der Waals surface area contributed by atoms with Crippen LogP contribution in [0, 0.1) is 12.8 Å². The second kappa shape index (κ2) is 6.08. The fourth-order valence-electron chi connectivity index (χ4n) is 4.25. The number of hydrogen-bond donors (Lipinski definition) is 1. The van der Waals surface area contributed by atoms with Gasteiger partial charge in [-0.05, 0) is 58.1 Å². The third-order valence-electron chi connectivity index (χ3n) is 6.41. The molecule has 1 aliphatic rings. The molecule has 0 bridgehead atoms. The molecule has 0 amide bonds. The monoisotopic (exact) mass is 349 g/mol. The van der Waals surface area contributed by atoms with E-state index in [1.165, 1.54) is 11.1 Å². The zero-order valence-electron chi connectivity index (χ0n) is 16.4. The van der Waals surface area contributed by atoms with Crippen molar-refractivity contribution in [2.24, 2.45) is 10.9 Å². The summed E-state index contributed by atoms with van der Waals surface area (Å²) in [5, 5.41) is 9.40. The summed E-state index contributed by atoms with van der Waals surface area (Å²) in [6.07, 6.45) is 1.78. The zero-order valence-corrected chi connectivity index (χ0v) is 16.4. The van der Waals surface area contributed by atoms with Gasteiger partial charge < -0.3 is 5.11 Å². The average Bonchev–Trinajstić information content (AvgIpc) is 2.71. The molecule has 0 fully saturated rings. The van der Waals surface area contributed by atoms with Crippen molar-refractivity contribution >= 4 is 17.9 Å². The molecule has 1 atom stereocenters. The highest BCUT2D eigenvalue weighted by Crippen LogP contribution is 2.53. The van der Waals surface area contributed by atoms with Gasteiger partial charge in [0.15, 0.2) is 0 Å². The highest BCUT2D eigenvalue weighted by Gasteiger charge is 2.48. The van der Waals surface area contributed by atoms with E-state index < -0.39 is 5.97 Å². The van der Waals surface area contributed by atoms with Crippen LogP contribution < -0.4 is 0 Å².